The van der Waals surface area contributed by atoms with Crippen molar-refractivity contribution < 1.29 is 13.9 Å². The third-order valence-corrected chi connectivity index (χ3v) is 3.72. The van der Waals surface area contributed by atoms with Crippen LogP contribution in [0.25, 0.3) is 11.1 Å². The number of carbonyl (C=O) groups excluding carboxylic acids is 1. The van der Waals surface area contributed by atoms with Gasteiger partial charge in [-0.2, -0.15) is 0 Å². The second-order valence-electron chi connectivity index (χ2n) is 4.85. The van der Waals surface area contributed by atoms with Gasteiger partial charge in [0.1, 0.15) is 13.2 Å². The summed E-state index contributed by atoms with van der Waals surface area (Å²) in [5.41, 5.74) is 1.62. The minimum absolute atomic E-state index is 0.104. The first kappa shape index (κ1) is 15.6. The fraction of sp³-hybridized carbons (Fsp3) is 0.125. The van der Waals surface area contributed by atoms with Gasteiger partial charge in [-0.05, 0) is 29.8 Å². The van der Waals surface area contributed by atoms with Gasteiger partial charge in [0.2, 0.25) is 0 Å². The molecular formula is C16H11Cl2NO4. The van der Waals surface area contributed by atoms with Gasteiger partial charge in [-0.1, -0.05) is 35.3 Å². The summed E-state index contributed by atoms with van der Waals surface area (Å²) < 4.78 is 11.4. The number of fused-ring (bicyclic) bond motifs is 1. The molecular weight excluding hydrogens is 341 g/mol. The van der Waals surface area contributed by atoms with Gasteiger partial charge in [-0.3, -0.25) is 9.36 Å². The molecule has 1 heterocycles. The number of halogens is 2. The second-order valence-corrected chi connectivity index (χ2v) is 5.73. The molecule has 1 aromatic heterocycles. The minimum atomic E-state index is -0.634. The highest BCUT2D eigenvalue weighted by molar-refractivity contribution is 6.31. The van der Waals surface area contributed by atoms with Crippen molar-refractivity contribution in [3.8, 4) is 0 Å². The number of nitrogens with zero attached hydrogens (tertiary/aromatic N) is 1. The van der Waals surface area contributed by atoms with E-state index in [1.165, 1.54) is 10.6 Å². The van der Waals surface area contributed by atoms with Gasteiger partial charge in [0.05, 0.1) is 5.52 Å². The molecule has 7 heteroatoms. The van der Waals surface area contributed by atoms with Gasteiger partial charge in [-0.25, -0.2) is 4.79 Å². The molecule has 0 aliphatic rings. The molecule has 0 saturated carbocycles. The van der Waals surface area contributed by atoms with E-state index in [1.807, 2.05) is 0 Å². The number of aromatic nitrogens is 1. The Morgan fingerprint density at radius 2 is 1.78 bits per heavy atom. The van der Waals surface area contributed by atoms with Gasteiger partial charge in [0.25, 0.3) is 0 Å². The van der Waals surface area contributed by atoms with Crippen molar-refractivity contribution in [2.24, 2.45) is 0 Å². The van der Waals surface area contributed by atoms with Gasteiger partial charge in [0.15, 0.2) is 5.58 Å². The molecule has 0 atom stereocenters. The van der Waals surface area contributed by atoms with Crippen LogP contribution in [-0.2, 0) is 22.7 Å². The summed E-state index contributed by atoms with van der Waals surface area (Å²) in [5, 5.41) is 1.05. The van der Waals surface area contributed by atoms with Crippen LogP contribution >= 0.6 is 23.2 Å². The molecule has 0 aliphatic heterocycles. The number of hydrogen-bond donors (Lipinski definition) is 0. The smallest absolute Gasteiger partial charge is 0.420 e. The Bertz CT molecular complexity index is 912. The van der Waals surface area contributed by atoms with E-state index in [1.54, 1.807) is 36.4 Å². The second kappa shape index (κ2) is 6.48. The molecule has 0 unspecified atom stereocenters. The van der Waals surface area contributed by atoms with Crippen LogP contribution in [0.3, 0.4) is 0 Å². The molecule has 3 aromatic rings. The maximum absolute atomic E-state index is 11.9. The summed E-state index contributed by atoms with van der Waals surface area (Å²) in [7, 11) is 0. The third kappa shape index (κ3) is 3.57. The van der Waals surface area contributed by atoms with Crippen LogP contribution < -0.4 is 5.76 Å². The average molecular weight is 352 g/mol. The first-order valence-corrected chi connectivity index (χ1v) is 7.47. The van der Waals surface area contributed by atoms with Crippen molar-refractivity contribution in [2.45, 2.75) is 13.2 Å². The number of oxazole rings is 1. The number of esters is 1. The van der Waals surface area contributed by atoms with Gasteiger partial charge in [-0.15, -0.1) is 0 Å². The molecule has 0 N–H and O–H groups in total. The Morgan fingerprint density at radius 1 is 1.09 bits per heavy atom. The predicted molar refractivity (Wildman–Crippen MR) is 86.7 cm³/mol. The zero-order valence-electron chi connectivity index (χ0n) is 11.8. The molecule has 0 fully saturated rings. The standard InChI is InChI=1S/C16H11Cl2NO4/c17-11-3-1-10(2-4-11)9-22-15(20)8-19-13-6-5-12(18)7-14(13)23-16(19)21/h1-7H,8-9H2. The lowest BCUT2D eigenvalue weighted by Gasteiger charge is -2.05. The van der Waals surface area contributed by atoms with Gasteiger partial charge >= 0.3 is 11.7 Å². The summed E-state index contributed by atoms with van der Waals surface area (Å²) in [6.07, 6.45) is 0. The van der Waals surface area contributed by atoms with Crippen LogP contribution in [0, 0.1) is 0 Å². The first-order valence-electron chi connectivity index (χ1n) is 6.72. The van der Waals surface area contributed by atoms with E-state index in [-0.39, 0.29) is 13.2 Å². The monoisotopic (exact) mass is 351 g/mol. The van der Waals surface area contributed by atoms with E-state index in [4.69, 9.17) is 32.4 Å². The normalized spacial score (nSPS) is 10.9. The number of rotatable bonds is 4. The van der Waals surface area contributed by atoms with Gasteiger partial charge < -0.3 is 9.15 Å². The van der Waals surface area contributed by atoms with E-state index in [0.29, 0.717) is 21.1 Å². The van der Waals surface area contributed by atoms with Crippen molar-refractivity contribution in [1.29, 1.82) is 0 Å². The largest absolute Gasteiger partial charge is 0.459 e. The molecule has 0 spiro atoms. The average Bonchev–Trinajstić information content (AvgIpc) is 2.82. The molecule has 23 heavy (non-hydrogen) atoms. The number of carbonyl (C=O) groups is 1. The lowest BCUT2D eigenvalue weighted by Crippen LogP contribution is -2.21. The molecule has 0 radical (unpaired) electrons. The molecule has 0 amide bonds. The van der Waals surface area contributed by atoms with Crippen molar-refractivity contribution in [3.05, 3.63) is 68.6 Å². The van der Waals surface area contributed by atoms with Crippen molar-refractivity contribution in [2.75, 3.05) is 0 Å². The molecule has 0 saturated heterocycles. The van der Waals surface area contributed by atoms with E-state index >= 15 is 0 Å². The van der Waals surface area contributed by atoms with Crippen molar-refractivity contribution in [3.63, 3.8) is 0 Å². The Morgan fingerprint density at radius 3 is 2.52 bits per heavy atom. The fourth-order valence-corrected chi connectivity index (χ4v) is 2.40. The Hall–Kier alpha value is -2.24. The van der Waals surface area contributed by atoms with E-state index < -0.39 is 11.7 Å². The maximum Gasteiger partial charge on any atom is 0.420 e. The van der Waals surface area contributed by atoms with Crippen LogP contribution in [0.5, 0.6) is 0 Å². The SMILES string of the molecule is O=C(Cn1c(=O)oc2cc(Cl)ccc21)OCc1ccc(Cl)cc1. The van der Waals surface area contributed by atoms with Crippen LogP contribution in [0.15, 0.2) is 51.7 Å². The summed E-state index contributed by atoms with van der Waals surface area (Å²) in [4.78, 5) is 23.8. The summed E-state index contributed by atoms with van der Waals surface area (Å²) in [6.45, 7) is -0.132. The summed E-state index contributed by atoms with van der Waals surface area (Å²) >= 11 is 11.6. The van der Waals surface area contributed by atoms with E-state index in [0.717, 1.165) is 5.56 Å². The highest BCUT2D eigenvalue weighted by Gasteiger charge is 2.14. The van der Waals surface area contributed by atoms with E-state index in [9.17, 15) is 9.59 Å². The predicted octanol–water partition coefficient (Wildman–Crippen LogP) is 3.64. The maximum atomic E-state index is 11.9. The quantitative estimate of drug-likeness (QED) is 0.673. The number of benzene rings is 2. The molecule has 3 rings (SSSR count). The van der Waals surface area contributed by atoms with Gasteiger partial charge in [0, 0.05) is 16.1 Å². The van der Waals surface area contributed by atoms with Crippen LogP contribution in [-0.4, -0.2) is 10.5 Å². The lowest BCUT2D eigenvalue weighted by atomic mass is 10.2. The Kier molecular flexibility index (Phi) is 4.41. The Labute approximate surface area is 141 Å². The van der Waals surface area contributed by atoms with Crippen LogP contribution in [0.1, 0.15) is 5.56 Å². The Balaban J connectivity index is 1.71. The third-order valence-electron chi connectivity index (χ3n) is 3.23. The molecule has 118 valence electrons. The highest BCUT2D eigenvalue weighted by atomic mass is 35.5. The summed E-state index contributed by atoms with van der Waals surface area (Å²) in [5.74, 6) is -1.18. The minimum Gasteiger partial charge on any atom is -0.459 e. The first-order chi connectivity index (χ1) is 11.0. The van der Waals surface area contributed by atoms with Crippen LogP contribution in [0.4, 0.5) is 0 Å². The van der Waals surface area contributed by atoms with Crippen LogP contribution in [0.2, 0.25) is 10.0 Å². The topological polar surface area (TPSA) is 61.4 Å². The van der Waals surface area contributed by atoms with Crippen molar-refractivity contribution >= 4 is 40.3 Å². The molecule has 5 nitrogen and oxygen atoms in total. The van der Waals surface area contributed by atoms with E-state index in [2.05, 4.69) is 0 Å². The number of hydrogen-bond acceptors (Lipinski definition) is 4. The number of ether oxygens (including phenoxy) is 1. The fourth-order valence-electron chi connectivity index (χ4n) is 2.11. The zero-order chi connectivity index (χ0) is 16.4. The molecule has 0 aliphatic carbocycles. The highest BCUT2D eigenvalue weighted by Crippen LogP contribution is 2.18. The molecule has 2 aromatic carbocycles. The summed E-state index contributed by atoms with van der Waals surface area (Å²) in [6, 6.07) is 11.7. The zero-order valence-corrected chi connectivity index (χ0v) is 13.3. The lowest BCUT2D eigenvalue weighted by molar-refractivity contribution is -0.145. The van der Waals surface area contributed by atoms with Crippen molar-refractivity contribution in [1.82, 2.24) is 4.57 Å². The molecule has 0 bridgehead atoms.